The molecule has 0 aliphatic carbocycles. The first-order valence-corrected chi connectivity index (χ1v) is 11.8. The Balaban J connectivity index is 1.55. The van der Waals surface area contributed by atoms with E-state index in [0.29, 0.717) is 22.0 Å². The molecular weight excluding hydrogens is 506 g/mol. The molecule has 3 aromatic rings. The fraction of sp³-hybridized carbons (Fsp3) is 0.0833. The summed E-state index contributed by atoms with van der Waals surface area (Å²) in [6.07, 6.45) is 1.22. The number of non-ortho nitro benzene ring substituents is 1. The molecule has 1 atom stereocenters. The standard InChI is InChI=1S/C24H18ClN5O5S/c25-16-4-6-17(7-5-16)27-22(32)13-21-23(33)29(18-8-10-20(31)11-9-18)24(36-21)28-26-14-15-2-1-3-19(12-15)30(34)35/h1-12,14,21,31H,13H2,(H,27,32)/b26-14+,28-24+. The summed E-state index contributed by atoms with van der Waals surface area (Å²) < 4.78 is 0. The van der Waals surface area contributed by atoms with E-state index >= 15 is 0 Å². The predicted octanol–water partition coefficient (Wildman–Crippen LogP) is 4.82. The van der Waals surface area contributed by atoms with E-state index in [9.17, 15) is 24.8 Å². The molecule has 1 unspecified atom stereocenters. The van der Waals surface area contributed by atoms with Crippen LogP contribution in [0.5, 0.6) is 5.75 Å². The van der Waals surface area contributed by atoms with Crippen LogP contribution in [0.2, 0.25) is 5.02 Å². The van der Waals surface area contributed by atoms with Crippen LogP contribution >= 0.6 is 23.4 Å². The smallest absolute Gasteiger partial charge is 0.270 e. The molecule has 2 N–H and O–H groups in total. The summed E-state index contributed by atoms with van der Waals surface area (Å²) in [6, 6.07) is 18.4. The van der Waals surface area contributed by atoms with Gasteiger partial charge in [-0.05, 0) is 48.5 Å². The highest BCUT2D eigenvalue weighted by atomic mass is 35.5. The van der Waals surface area contributed by atoms with E-state index in [4.69, 9.17) is 11.6 Å². The lowest BCUT2D eigenvalue weighted by Crippen LogP contribution is -2.33. The minimum atomic E-state index is -0.766. The molecule has 1 aliphatic heterocycles. The van der Waals surface area contributed by atoms with E-state index in [1.807, 2.05) is 0 Å². The van der Waals surface area contributed by atoms with Crippen LogP contribution in [0.1, 0.15) is 12.0 Å². The first-order valence-electron chi connectivity index (χ1n) is 10.5. The lowest BCUT2D eigenvalue weighted by atomic mass is 10.2. The molecule has 10 nitrogen and oxygen atoms in total. The van der Waals surface area contributed by atoms with Gasteiger partial charge in [-0.2, -0.15) is 5.10 Å². The fourth-order valence-corrected chi connectivity index (χ4v) is 4.50. The van der Waals surface area contributed by atoms with Gasteiger partial charge in [-0.3, -0.25) is 24.6 Å². The van der Waals surface area contributed by atoms with Crippen molar-refractivity contribution in [3.63, 3.8) is 0 Å². The van der Waals surface area contributed by atoms with Crippen molar-refractivity contribution in [2.75, 3.05) is 10.2 Å². The molecule has 1 fully saturated rings. The molecule has 0 bridgehead atoms. The van der Waals surface area contributed by atoms with Crippen LogP contribution in [0, 0.1) is 10.1 Å². The van der Waals surface area contributed by atoms with Crippen molar-refractivity contribution in [1.82, 2.24) is 0 Å². The SMILES string of the molecule is O=C(CC1S/C(=N/N=C/c2cccc([N+](=O)[O-])c2)N(c2ccc(O)cc2)C1=O)Nc1ccc(Cl)cc1. The molecule has 3 aromatic carbocycles. The zero-order chi connectivity index (χ0) is 25.7. The number of amides is 2. The zero-order valence-electron chi connectivity index (χ0n) is 18.4. The molecule has 1 saturated heterocycles. The number of carbonyl (C=O) groups is 2. The van der Waals surface area contributed by atoms with Crippen LogP contribution in [0.4, 0.5) is 17.1 Å². The Morgan fingerprint density at radius 1 is 1.17 bits per heavy atom. The molecule has 1 aliphatic rings. The summed E-state index contributed by atoms with van der Waals surface area (Å²) in [5.74, 6) is -0.712. The number of halogens is 1. The van der Waals surface area contributed by atoms with Crippen LogP contribution in [0.3, 0.4) is 0 Å². The minimum Gasteiger partial charge on any atom is -0.508 e. The van der Waals surface area contributed by atoms with Gasteiger partial charge in [0.25, 0.3) is 5.69 Å². The van der Waals surface area contributed by atoms with Crippen molar-refractivity contribution in [3.05, 3.63) is 93.5 Å². The number of aromatic hydroxyl groups is 1. The quantitative estimate of drug-likeness (QED) is 0.259. The van der Waals surface area contributed by atoms with Crippen LogP contribution in [0.25, 0.3) is 0 Å². The van der Waals surface area contributed by atoms with E-state index in [1.54, 1.807) is 42.5 Å². The van der Waals surface area contributed by atoms with Crippen LogP contribution in [-0.4, -0.2) is 38.5 Å². The Bertz CT molecular complexity index is 1360. The Morgan fingerprint density at radius 3 is 2.58 bits per heavy atom. The van der Waals surface area contributed by atoms with Gasteiger partial charge in [-0.1, -0.05) is 35.5 Å². The number of carbonyl (C=O) groups excluding carboxylic acids is 2. The summed E-state index contributed by atoms with van der Waals surface area (Å²) >= 11 is 6.94. The highest BCUT2D eigenvalue weighted by molar-refractivity contribution is 8.16. The van der Waals surface area contributed by atoms with E-state index in [0.717, 1.165) is 11.8 Å². The summed E-state index contributed by atoms with van der Waals surface area (Å²) in [5.41, 5.74) is 1.35. The van der Waals surface area contributed by atoms with Crippen LogP contribution in [0.15, 0.2) is 83.0 Å². The van der Waals surface area contributed by atoms with E-state index < -0.39 is 10.2 Å². The number of nitrogens with zero attached hydrogens (tertiary/aromatic N) is 4. The summed E-state index contributed by atoms with van der Waals surface area (Å²) in [6.45, 7) is 0. The van der Waals surface area contributed by atoms with Crippen molar-refractivity contribution < 1.29 is 19.6 Å². The lowest BCUT2D eigenvalue weighted by molar-refractivity contribution is -0.384. The minimum absolute atomic E-state index is 0.0270. The Hall–Kier alpha value is -4.22. The second kappa shape index (κ2) is 11.0. The molecule has 182 valence electrons. The summed E-state index contributed by atoms with van der Waals surface area (Å²) in [7, 11) is 0. The largest absolute Gasteiger partial charge is 0.508 e. The molecule has 0 radical (unpaired) electrons. The van der Waals surface area contributed by atoms with Crippen molar-refractivity contribution in [3.8, 4) is 5.75 Å². The Kier molecular flexibility index (Phi) is 7.62. The zero-order valence-corrected chi connectivity index (χ0v) is 20.0. The third kappa shape index (κ3) is 6.06. The topological polar surface area (TPSA) is 138 Å². The molecule has 2 amide bonds. The number of hydrogen-bond acceptors (Lipinski definition) is 8. The monoisotopic (exact) mass is 523 g/mol. The number of rotatable bonds is 7. The van der Waals surface area contributed by atoms with Crippen molar-refractivity contribution in [1.29, 1.82) is 0 Å². The molecule has 36 heavy (non-hydrogen) atoms. The lowest BCUT2D eigenvalue weighted by Gasteiger charge is -2.15. The number of nitrogens with one attached hydrogen (secondary N) is 1. The normalized spacial score (nSPS) is 16.6. The number of benzene rings is 3. The van der Waals surface area contributed by atoms with Gasteiger partial charge in [0.2, 0.25) is 11.8 Å². The van der Waals surface area contributed by atoms with Gasteiger partial charge in [0, 0.05) is 34.8 Å². The van der Waals surface area contributed by atoms with Crippen molar-refractivity contribution in [2.24, 2.45) is 10.2 Å². The third-order valence-electron chi connectivity index (χ3n) is 4.97. The van der Waals surface area contributed by atoms with Gasteiger partial charge in [0.15, 0.2) is 5.17 Å². The highest BCUT2D eigenvalue weighted by Gasteiger charge is 2.40. The number of phenols is 1. The van der Waals surface area contributed by atoms with Gasteiger partial charge >= 0.3 is 0 Å². The second-order valence-electron chi connectivity index (χ2n) is 7.53. The van der Waals surface area contributed by atoms with Crippen LogP contribution in [-0.2, 0) is 9.59 Å². The molecule has 4 rings (SSSR count). The van der Waals surface area contributed by atoms with Gasteiger partial charge < -0.3 is 10.4 Å². The fourth-order valence-electron chi connectivity index (χ4n) is 3.28. The van der Waals surface area contributed by atoms with Gasteiger partial charge in [0.1, 0.15) is 11.0 Å². The molecular formula is C24H18ClN5O5S. The first-order chi connectivity index (χ1) is 17.3. The maximum atomic E-state index is 13.2. The van der Waals surface area contributed by atoms with E-state index in [-0.39, 0.29) is 34.8 Å². The Labute approximate surface area is 214 Å². The van der Waals surface area contributed by atoms with Crippen LogP contribution < -0.4 is 10.2 Å². The molecule has 0 aromatic heterocycles. The molecule has 0 spiro atoms. The number of phenolic OH excluding ortho intramolecular Hbond substituents is 1. The van der Waals surface area contributed by atoms with Crippen molar-refractivity contribution in [2.45, 2.75) is 11.7 Å². The number of nitro groups is 1. The average Bonchev–Trinajstić information content (AvgIpc) is 3.16. The predicted molar refractivity (Wildman–Crippen MR) is 140 cm³/mol. The molecule has 12 heteroatoms. The van der Waals surface area contributed by atoms with Gasteiger partial charge in [-0.25, -0.2) is 0 Å². The third-order valence-corrected chi connectivity index (χ3v) is 6.35. The number of amidine groups is 1. The Morgan fingerprint density at radius 2 is 1.89 bits per heavy atom. The number of hydrogen-bond donors (Lipinski definition) is 2. The first kappa shape index (κ1) is 24.9. The van der Waals surface area contributed by atoms with Gasteiger partial charge in [0.05, 0.1) is 16.8 Å². The average molecular weight is 524 g/mol. The van der Waals surface area contributed by atoms with E-state index in [1.165, 1.54) is 41.4 Å². The number of thioether (sulfide) groups is 1. The van der Waals surface area contributed by atoms with Crippen molar-refractivity contribution >= 4 is 63.6 Å². The molecule has 0 saturated carbocycles. The number of nitro benzene ring substituents is 1. The maximum absolute atomic E-state index is 13.2. The van der Waals surface area contributed by atoms with E-state index in [2.05, 4.69) is 15.5 Å². The van der Waals surface area contributed by atoms with Gasteiger partial charge in [-0.15, -0.1) is 5.10 Å². The highest BCUT2D eigenvalue weighted by Crippen LogP contribution is 2.34. The summed E-state index contributed by atoms with van der Waals surface area (Å²) in [5, 5.41) is 31.5. The summed E-state index contributed by atoms with van der Waals surface area (Å²) in [4.78, 5) is 37.6. The number of anilines is 2. The molecule has 1 heterocycles. The maximum Gasteiger partial charge on any atom is 0.270 e. The second-order valence-corrected chi connectivity index (χ2v) is 9.14.